The summed E-state index contributed by atoms with van der Waals surface area (Å²) in [4.78, 5) is 7.97. The Morgan fingerprint density at radius 3 is 2.59 bits per heavy atom. The van der Waals surface area contributed by atoms with E-state index >= 15 is 0 Å². The van der Waals surface area contributed by atoms with E-state index in [0.29, 0.717) is 29.4 Å². The van der Waals surface area contributed by atoms with Crippen LogP contribution < -0.4 is 20.9 Å². The molecule has 1 aromatic heterocycles. The Bertz CT molecular complexity index is 1030. The molecule has 4 N–H and O–H groups in total. The number of nitrogens with zero attached hydrogens (tertiary/aromatic N) is 3. The second-order valence-corrected chi connectivity index (χ2v) is 6.40. The lowest BCUT2D eigenvalue weighted by Gasteiger charge is -2.13. The van der Waals surface area contributed by atoms with Crippen molar-refractivity contribution in [1.82, 2.24) is 9.97 Å². The standard InChI is InChI=1S/C19H16BrN5O2/c1-26-16-8-11(17-13(9-21)18(22)25-19(23)24-17)6-7-15(16)27-10-12-4-2-3-5-14(12)20/h2-8H,10H2,1H3,(H4,22,23,24,25). The van der Waals surface area contributed by atoms with Gasteiger partial charge in [0.15, 0.2) is 11.5 Å². The molecule has 0 saturated carbocycles. The summed E-state index contributed by atoms with van der Waals surface area (Å²) >= 11 is 3.50. The van der Waals surface area contributed by atoms with E-state index in [9.17, 15) is 5.26 Å². The molecule has 0 aliphatic rings. The number of aromatic nitrogens is 2. The molecule has 0 aliphatic heterocycles. The Labute approximate surface area is 164 Å². The largest absolute Gasteiger partial charge is 0.493 e. The summed E-state index contributed by atoms with van der Waals surface area (Å²) in [5, 5.41) is 9.36. The first kappa shape index (κ1) is 18.5. The number of anilines is 2. The van der Waals surface area contributed by atoms with E-state index in [2.05, 4.69) is 25.9 Å². The summed E-state index contributed by atoms with van der Waals surface area (Å²) in [6, 6.07) is 15.0. The molecule has 8 heteroatoms. The number of rotatable bonds is 5. The molecule has 2 aromatic carbocycles. The van der Waals surface area contributed by atoms with Crippen molar-refractivity contribution in [3.8, 4) is 28.8 Å². The maximum atomic E-state index is 9.36. The molecule has 7 nitrogen and oxygen atoms in total. The van der Waals surface area contributed by atoms with Gasteiger partial charge in [0.1, 0.15) is 24.1 Å². The van der Waals surface area contributed by atoms with Crippen molar-refractivity contribution in [1.29, 1.82) is 5.26 Å². The third kappa shape index (κ3) is 3.93. The summed E-state index contributed by atoms with van der Waals surface area (Å²) in [6.07, 6.45) is 0. The van der Waals surface area contributed by atoms with Crippen LogP contribution >= 0.6 is 15.9 Å². The maximum absolute atomic E-state index is 9.36. The first-order valence-corrected chi connectivity index (χ1v) is 8.70. The van der Waals surface area contributed by atoms with Crippen LogP contribution in [-0.2, 0) is 6.61 Å². The average molecular weight is 426 g/mol. The summed E-state index contributed by atoms with van der Waals surface area (Å²) in [5.41, 5.74) is 13.6. The highest BCUT2D eigenvalue weighted by atomic mass is 79.9. The van der Waals surface area contributed by atoms with Gasteiger partial charge in [-0.25, -0.2) is 4.98 Å². The van der Waals surface area contributed by atoms with Crippen LogP contribution in [0.3, 0.4) is 0 Å². The van der Waals surface area contributed by atoms with Gasteiger partial charge in [0.2, 0.25) is 5.95 Å². The number of benzene rings is 2. The van der Waals surface area contributed by atoms with Crippen LogP contribution in [0.5, 0.6) is 11.5 Å². The average Bonchev–Trinajstić information content (AvgIpc) is 2.66. The SMILES string of the molecule is COc1cc(-c2nc(N)nc(N)c2C#N)ccc1OCc1ccccc1Br. The highest BCUT2D eigenvalue weighted by Gasteiger charge is 2.16. The molecule has 0 bridgehead atoms. The summed E-state index contributed by atoms with van der Waals surface area (Å²) in [7, 11) is 1.54. The van der Waals surface area contributed by atoms with Gasteiger partial charge in [-0.15, -0.1) is 0 Å². The van der Waals surface area contributed by atoms with Gasteiger partial charge in [-0.1, -0.05) is 34.1 Å². The van der Waals surface area contributed by atoms with Crippen LogP contribution in [0.4, 0.5) is 11.8 Å². The van der Waals surface area contributed by atoms with Gasteiger partial charge in [0, 0.05) is 15.6 Å². The number of methoxy groups -OCH3 is 1. The molecule has 0 amide bonds. The first-order chi connectivity index (χ1) is 13.0. The van der Waals surface area contributed by atoms with E-state index in [1.54, 1.807) is 18.2 Å². The second kappa shape index (κ2) is 7.93. The minimum absolute atomic E-state index is 0.00489. The first-order valence-electron chi connectivity index (χ1n) is 7.91. The number of nitrogen functional groups attached to an aromatic ring is 2. The molecule has 136 valence electrons. The third-order valence-electron chi connectivity index (χ3n) is 3.84. The highest BCUT2D eigenvalue weighted by molar-refractivity contribution is 9.10. The Balaban J connectivity index is 1.94. The van der Waals surface area contributed by atoms with Crippen molar-refractivity contribution in [2.24, 2.45) is 0 Å². The van der Waals surface area contributed by atoms with Crippen molar-refractivity contribution in [3.63, 3.8) is 0 Å². The van der Waals surface area contributed by atoms with E-state index in [-0.39, 0.29) is 17.3 Å². The van der Waals surface area contributed by atoms with Crippen LogP contribution in [-0.4, -0.2) is 17.1 Å². The molecule has 0 unspecified atom stereocenters. The quantitative estimate of drug-likeness (QED) is 0.640. The Morgan fingerprint density at radius 1 is 1.11 bits per heavy atom. The van der Waals surface area contributed by atoms with Gasteiger partial charge in [-0.3, -0.25) is 0 Å². The van der Waals surface area contributed by atoms with Gasteiger partial charge in [0.25, 0.3) is 0 Å². The van der Waals surface area contributed by atoms with Crippen LogP contribution in [0.1, 0.15) is 11.1 Å². The van der Waals surface area contributed by atoms with E-state index in [1.807, 2.05) is 30.3 Å². The predicted octanol–water partition coefficient (Wildman–Crippen LogP) is 3.53. The van der Waals surface area contributed by atoms with Crippen LogP contribution in [0.2, 0.25) is 0 Å². The highest BCUT2D eigenvalue weighted by Crippen LogP contribution is 2.34. The van der Waals surface area contributed by atoms with Crippen molar-refractivity contribution in [2.75, 3.05) is 18.6 Å². The lowest BCUT2D eigenvalue weighted by Crippen LogP contribution is -2.05. The topological polar surface area (TPSA) is 120 Å². The number of halogens is 1. The third-order valence-corrected chi connectivity index (χ3v) is 4.62. The fourth-order valence-corrected chi connectivity index (χ4v) is 2.92. The van der Waals surface area contributed by atoms with Crippen molar-refractivity contribution >= 4 is 27.7 Å². The maximum Gasteiger partial charge on any atom is 0.222 e. The van der Waals surface area contributed by atoms with Gasteiger partial charge < -0.3 is 20.9 Å². The minimum Gasteiger partial charge on any atom is -0.493 e. The minimum atomic E-state index is -0.00489. The second-order valence-electron chi connectivity index (χ2n) is 5.55. The van der Waals surface area contributed by atoms with Crippen LogP contribution in [0, 0.1) is 11.3 Å². The van der Waals surface area contributed by atoms with Crippen LogP contribution in [0.15, 0.2) is 46.9 Å². The fraction of sp³-hybridized carbons (Fsp3) is 0.105. The molecule has 0 spiro atoms. The normalized spacial score (nSPS) is 10.3. The van der Waals surface area contributed by atoms with Gasteiger partial charge in [-0.2, -0.15) is 10.2 Å². The molecule has 1 heterocycles. The zero-order chi connectivity index (χ0) is 19.4. The monoisotopic (exact) mass is 425 g/mol. The van der Waals surface area contributed by atoms with E-state index in [0.717, 1.165) is 10.0 Å². The molecule has 0 radical (unpaired) electrons. The summed E-state index contributed by atoms with van der Waals surface area (Å²) in [6.45, 7) is 0.369. The van der Waals surface area contributed by atoms with Crippen molar-refractivity contribution in [2.45, 2.75) is 6.61 Å². The fourth-order valence-electron chi connectivity index (χ4n) is 2.52. The molecular weight excluding hydrogens is 410 g/mol. The molecule has 27 heavy (non-hydrogen) atoms. The lowest BCUT2D eigenvalue weighted by molar-refractivity contribution is 0.284. The molecule has 3 rings (SSSR count). The van der Waals surface area contributed by atoms with E-state index in [4.69, 9.17) is 20.9 Å². The Morgan fingerprint density at radius 2 is 1.89 bits per heavy atom. The number of ether oxygens (including phenoxy) is 2. The molecular formula is C19H16BrN5O2. The zero-order valence-electron chi connectivity index (χ0n) is 14.4. The van der Waals surface area contributed by atoms with Gasteiger partial charge >= 0.3 is 0 Å². The van der Waals surface area contributed by atoms with E-state index < -0.39 is 0 Å². The van der Waals surface area contributed by atoms with Crippen molar-refractivity contribution in [3.05, 3.63) is 58.1 Å². The van der Waals surface area contributed by atoms with Gasteiger partial charge in [0.05, 0.1) is 12.8 Å². The molecule has 0 aliphatic carbocycles. The number of hydrogen-bond acceptors (Lipinski definition) is 7. The number of hydrogen-bond donors (Lipinski definition) is 2. The summed E-state index contributed by atoms with van der Waals surface area (Å²) in [5.74, 6) is 1.09. The zero-order valence-corrected chi connectivity index (χ0v) is 16.0. The number of nitriles is 1. The van der Waals surface area contributed by atoms with Gasteiger partial charge in [-0.05, 0) is 24.3 Å². The Hall–Kier alpha value is -3.31. The molecule has 0 saturated heterocycles. The molecule has 3 aromatic rings. The van der Waals surface area contributed by atoms with Crippen molar-refractivity contribution < 1.29 is 9.47 Å². The smallest absolute Gasteiger partial charge is 0.222 e. The summed E-state index contributed by atoms with van der Waals surface area (Å²) < 4.78 is 12.3. The van der Waals surface area contributed by atoms with E-state index in [1.165, 1.54) is 7.11 Å². The Kier molecular flexibility index (Phi) is 5.43. The lowest BCUT2D eigenvalue weighted by atomic mass is 10.1. The predicted molar refractivity (Wildman–Crippen MR) is 106 cm³/mol. The molecule has 0 fully saturated rings. The van der Waals surface area contributed by atoms with Crippen LogP contribution in [0.25, 0.3) is 11.3 Å². The molecule has 0 atom stereocenters. The number of nitrogens with two attached hydrogens (primary N) is 2.